The number of carbonyl (C=O) groups excluding carboxylic acids is 2. The Balaban J connectivity index is 1.57. The van der Waals surface area contributed by atoms with E-state index in [1.54, 1.807) is 30.5 Å². The monoisotopic (exact) mass is 431 g/mol. The average Bonchev–Trinajstić information content (AvgIpc) is 2.84. The number of fused-ring (bicyclic) bond motifs is 1. The van der Waals surface area contributed by atoms with Crippen LogP contribution in [0.4, 0.5) is 11.5 Å². The Bertz CT molecular complexity index is 1100. The standard InChI is InChI=1S/C24H25N5O3/c1-3-20(17-5-4-10-25-12-17)28-24(31)18-11-21-23(26-13-18)27-14-22(30)29(21)15-16-6-8-19(32-2)9-7-16/h4-13,20H,3,14-15H2,1-2H3,(H,26,27)(H,28,31). The number of carbonyl (C=O) groups is 2. The second-order valence-corrected chi connectivity index (χ2v) is 7.49. The number of hydrogen-bond donors (Lipinski definition) is 2. The zero-order valence-electron chi connectivity index (χ0n) is 18.0. The van der Waals surface area contributed by atoms with E-state index in [0.29, 0.717) is 23.6 Å². The molecule has 32 heavy (non-hydrogen) atoms. The van der Waals surface area contributed by atoms with E-state index in [-0.39, 0.29) is 24.4 Å². The van der Waals surface area contributed by atoms with Crippen LogP contribution in [-0.4, -0.2) is 35.4 Å². The molecule has 3 aromatic rings. The van der Waals surface area contributed by atoms with Gasteiger partial charge in [-0.05, 0) is 41.8 Å². The van der Waals surface area contributed by atoms with Gasteiger partial charge in [0.05, 0.1) is 37.5 Å². The molecule has 1 unspecified atom stereocenters. The Morgan fingerprint density at radius 3 is 2.75 bits per heavy atom. The SMILES string of the molecule is CCC(NC(=O)c1cnc2c(c1)N(Cc1ccc(OC)cc1)C(=O)CN2)c1cccnc1. The second-order valence-electron chi connectivity index (χ2n) is 7.49. The number of amides is 2. The third-order valence-electron chi connectivity index (χ3n) is 5.43. The first-order valence-corrected chi connectivity index (χ1v) is 10.5. The lowest BCUT2D eigenvalue weighted by molar-refractivity contribution is -0.117. The zero-order valence-corrected chi connectivity index (χ0v) is 18.0. The lowest BCUT2D eigenvalue weighted by atomic mass is 10.1. The molecule has 1 atom stereocenters. The van der Waals surface area contributed by atoms with Gasteiger partial charge in [-0.15, -0.1) is 0 Å². The molecule has 0 saturated heterocycles. The number of benzene rings is 1. The maximum atomic E-state index is 13.0. The summed E-state index contributed by atoms with van der Waals surface area (Å²) in [5, 5.41) is 6.07. The normalized spacial score (nSPS) is 13.7. The summed E-state index contributed by atoms with van der Waals surface area (Å²) in [5.74, 6) is 0.988. The highest BCUT2D eigenvalue weighted by molar-refractivity contribution is 6.04. The Morgan fingerprint density at radius 1 is 1.25 bits per heavy atom. The molecule has 1 aliphatic rings. The molecule has 3 heterocycles. The quantitative estimate of drug-likeness (QED) is 0.596. The first-order chi connectivity index (χ1) is 15.6. The van der Waals surface area contributed by atoms with Gasteiger partial charge in [-0.25, -0.2) is 4.98 Å². The van der Waals surface area contributed by atoms with E-state index in [1.807, 2.05) is 43.3 Å². The van der Waals surface area contributed by atoms with Crippen LogP contribution in [0.3, 0.4) is 0 Å². The van der Waals surface area contributed by atoms with E-state index in [0.717, 1.165) is 23.3 Å². The maximum absolute atomic E-state index is 13.0. The average molecular weight is 431 g/mol. The van der Waals surface area contributed by atoms with Crippen LogP contribution >= 0.6 is 0 Å². The van der Waals surface area contributed by atoms with Gasteiger partial charge in [0.2, 0.25) is 5.91 Å². The molecule has 0 spiro atoms. The van der Waals surface area contributed by atoms with Crippen LogP contribution in [0, 0.1) is 0 Å². The number of rotatable bonds is 7. The van der Waals surface area contributed by atoms with Gasteiger partial charge in [-0.2, -0.15) is 0 Å². The summed E-state index contributed by atoms with van der Waals surface area (Å²) < 4.78 is 5.20. The lowest BCUT2D eigenvalue weighted by Crippen LogP contribution is -2.40. The first-order valence-electron chi connectivity index (χ1n) is 10.5. The minimum Gasteiger partial charge on any atom is -0.497 e. The minimum atomic E-state index is -0.251. The molecular weight excluding hydrogens is 406 g/mol. The third kappa shape index (κ3) is 4.54. The number of nitrogens with zero attached hydrogens (tertiary/aromatic N) is 3. The first kappa shape index (κ1) is 21.3. The highest BCUT2D eigenvalue weighted by atomic mass is 16.5. The number of aromatic nitrogens is 2. The summed E-state index contributed by atoms with van der Waals surface area (Å²) in [5.41, 5.74) is 2.86. The molecule has 164 valence electrons. The van der Waals surface area contributed by atoms with Gasteiger partial charge >= 0.3 is 0 Å². The molecule has 1 aromatic carbocycles. The van der Waals surface area contributed by atoms with Crippen molar-refractivity contribution in [2.24, 2.45) is 0 Å². The van der Waals surface area contributed by atoms with Crippen molar-refractivity contribution >= 4 is 23.3 Å². The fourth-order valence-electron chi connectivity index (χ4n) is 3.64. The molecule has 8 heteroatoms. The number of anilines is 2. The van der Waals surface area contributed by atoms with E-state index in [1.165, 1.54) is 6.20 Å². The number of pyridine rings is 2. The van der Waals surface area contributed by atoms with Crippen LogP contribution in [0.1, 0.15) is 40.9 Å². The maximum Gasteiger partial charge on any atom is 0.253 e. The van der Waals surface area contributed by atoms with Gasteiger partial charge in [-0.3, -0.25) is 14.6 Å². The molecule has 2 aromatic heterocycles. The number of methoxy groups -OCH3 is 1. The third-order valence-corrected chi connectivity index (χ3v) is 5.43. The Labute approximate surface area is 186 Å². The molecule has 8 nitrogen and oxygen atoms in total. The van der Waals surface area contributed by atoms with Crippen LogP contribution in [0.25, 0.3) is 0 Å². The molecule has 2 N–H and O–H groups in total. The summed E-state index contributed by atoms with van der Waals surface area (Å²) in [6, 6.07) is 12.9. The van der Waals surface area contributed by atoms with Gasteiger partial charge in [0.25, 0.3) is 5.91 Å². The van der Waals surface area contributed by atoms with E-state index in [2.05, 4.69) is 20.6 Å². The van der Waals surface area contributed by atoms with Crippen LogP contribution in [0.2, 0.25) is 0 Å². The van der Waals surface area contributed by atoms with Gasteiger partial charge in [0.1, 0.15) is 5.75 Å². The van der Waals surface area contributed by atoms with E-state index in [9.17, 15) is 9.59 Å². The highest BCUT2D eigenvalue weighted by Gasteiger charge is 2.26. The van der Waals surface area contributed by atoms with E-state index < -0.39 is 0 Å². The lowest BCUT2D eigenvalue weighted by Gasteiger charge is -2.30. The topological polar surface area (TPSA) is 96.5 Å². The molecule has 0 radical (unpaired) electrons. The fourth-order valence-corrected chi connectivity index (χ4v) is 3.64. The number of hydrogen-bond acceptors (Lipinski definition) is 6. The summed E-state index contributed by atoms with van der Waals surface area (Å²) >= 11 is 0. The van der Waals surface area contributed by atoms with Gasteiger partial charge in [0, 0.05) is 18.6 Å². The Kier molecular flexibility index (Phi) is 6.30. The van der Waals surface area contributed by atoms with Gasteiger partial charge in [-0.1, -0.05) is 25.1 Å². The fraction of sp³-hybridized carbons (Fsp3) is 0.250. The van der Waals surface area contributed by atoms with Crippen molar-refractivity contribution in [2.45, 2.75) is 25.9 Å². The zero-order chi connectivity index (χ0) is 22.5. The molecule has 2 amide bonds. The highest BCUT2D eigenvalue weighted by Crippen LogP contribution is 2.30. The molecule has 0 aliphatic carbocycles. The predicted molar refractivity (Wildman–Crippen MR) is 122 cm³/mol. The van der Waals surface area contributed by atoms with Crippen molar-refractivity contribution in [3.63, 3.8) is 0 Å². The van der Waals surface area contributed by atoms with Crippen LogP contribution in [0.15, 0.2) is 61.1 Å². The van der Waals surface area contributed by atoms with Crippen LogP contribution in [0.5, 0.6) is 5.75 Å². The van der Waals surface area contributed by atoms with Crippen molar-refractivity contribution in [3.8, 4) is 5.75 Å². The van der Waals surface area contributed by atoms with Crippen molar-refractivity contribution in [2.75, 3.05) is 23.9 Å². The van der Waals surface area contributed by atoms with Gasteiger partial charge < -0.3 is 20.3 Å². The van der Waals surface area contributed by atoms with Crippen LogP contribution < -0.4 is 20.3 Å². The molecule has 1 aliphatic heterocycles. The van der Waals surface area contributed by atoms with Crippen molar-refractivity contribution in [3.05, 3.63) is 77.7 Å². The molecule has 0 fully saturated rings. The number of nitrogens with one attached hydrogen (secondary N) is 2. The second kappa shape index (κ2) is 9.47. The van der Waals surface area contributed by atoms with Crippen LogP contribution in [-0.2, 0) is 11.3 Å². The predicted octanol–water partition coefficient (Wildman–Crippen LogP) is 3.33. The van der Waals surface area contributed by atoms with Crippen molar-refractivity contribution in [1.29, 1.82) is 0 Å². The van der Waals surface area contributed by atoms with E-state index in [4.69, 9.17) is 4.74 Å². The van der Waals surface area contributed by atoms with Crippen molar-refractivity contribution < 1.29 is 14.3 Å². The van der Waals surface area contributed by atoms with Crippen molar-refractivity contribution in [1.82, 2.24) is 15.3 Å². The summed E-state index contributed by atoms with van der Waals surface area (Å²) in [6.07, 6.45) is 5.70. The Morgan fingerprint density at radius 2 is 2.06 bits per heavy atom. The molecular formula is C24H25N5O3. The minimum absolute atomic E-state index is 0.0885. The van der Waals surface area contributed by atoms with Gasteiger partial charge in [0.15, 0.2) is 5.82 Å². The largest absolute Gasteiger partial charge is 0.497 e. The molecule has 0 bridgehead atoms. The molecule has 0 saturated carbocycles. The number of ether oxygens (including phenoxy) is 1. The Hall–Kier alpha value is -3.94. The summed E-state index contributed by atoms with van der Waals surface area (Å²) in [6.45, 7) is 2.53. The smallest absolute Gasteiger partial charge is 0.253 e. The van der Waals surface area contributed by atoms with E-state index >= 15 is 0 Å². The summed E-state index contributed by atoms with van der Waals surface area (Å²) in [7, 11) is 1.61. The summed E-state index contributed by atoms with van der Waals surface area (Å²) in [4.78, 5) is 35.8. The molecule has 4 rings (SSSR count).